The molecule has 0 radical (unpaired) electrons. The highest BCUT2D eigenvalue weighted by atomic mass is 19.1. The van der Waals surface area contributed by atoms with Crippen LogP contribution in [0.5, 0.6) is 11.5 Å². The molecule has 0 aliphatic carbocycles. The van der Waals surface area contributed by atoms with E-state index in [2.05, 4.69) is 37.7 Å². The molecule has 5 heteroatoms. The van der Waals surface area contributed by atoms with Gasteiger partial charge in [0.25, 0.3) is 0 Å². The Hall–Kier alpha value is -3.10. The minimum Gasteiger partial charge on any atom is -0.483 e. The fourth-order valence-electron chi connectivity index (χ4n) is 5.25. The summed E-state index contributed by atoms with van der Waals surface area (Å²) < 4.78 is 25.5. The molecule has 0 aromatic heterocycles. The van der Waals surface area contributed by atoms with Crippen LogP contribution in [0.1, 0.15) is 69.6 Å². The number of nitrogens with zero attached hydrogens (tertiary/aromatic N) is 1. The van der Waals surface area contributed by atoms with Gasteiger partial charge >= 0.3 is 5.97 Å². The molecule has 0 saturated carbocycles. The van der Waals surface area contributed by atoms with Crippen molar-refractivity contribution in [3.05, 3.63) is 64.5 Å². The van der Waals surface area contributed by atoms with Gasteiger partial charge in [-0.25, -0.2) is 4.39 Å². The highest BCUT2D eigenvalue weighted by molar-refractivity contribution is 5.84. The van der Waals surface area contributed by atoms with Gasteiger partial charge in [-0.1, -0.05) is 25.0 Å². The van der Waals surface area contributed by atoms with E-state index < -0.39 is 5.60 Å². The Labute approximate surface area is 208 Å². The number of esters is 1. The lowest BCUT2D eigenvalue weighted by Crippen LogP contribution is -2.42. The quantitative estimate of drug-likeness (QED) is 0.274. The fraction of sp³-hybridized carbons (Fsp3) is 0.433. The number of halogens is 1. The Morgan fingerprint density at radius 2 is 2.03 bits per heavy atom. The third-order valence-corrected chi connectivity index (χ3v) is 7.06. The van der Waals surface area contributed by atoms with Crippen molar-refractivity contribution < 1.29 is 18.7 Å². The summed E-state index contributed by atoms with van der Waals surface area (Å²) in [6.07, 6.45) is 9.26. The zero-order chi connectivity index (χ0) is 25.2. The molecule has 35 heavy (non-hydrogen) atoms. The maximum atomic E-state index is 13.2. The highest BCUT2D eigenvalue weighted by Crippen LogP contribution is 2.49. The Balaban J connectivity index is 1.63. The van der Waals surface area contributed by atoms with E-state index in [0.29, 0.717) is 18.8 Å². The van der Waals surface area contributed by atoms with E-state index in [9.17, 15) is 9.18 Å². The van der Waals surface area contributed by atoms with Gasteiger partial charge in [0.05, 0.1) is 12.1 Å². The van der Waals surface area contributed by atoms with Crippen molar-refractivity contribution in [2.24, 2.45) is 0 Å². The van der Waals surface area contributed by atoms with Crippen LogP contribution in [0, 0.1) is 18.2 Å². The molecular weight excluding hydrogens is 441 g/mol. The molecule has 0 fully saturated rings. The molecule has 4 rings (SSSR count). The van der Waals surface area contributed by atoms with Crippen LogP contribution in [-0.2, 0) is 11.2 Å². The van der Waals surface area contributed by atoms with E-state index in [0.717, 1.165) is 60.2 Å². The average Bonchev–Trinajstić information content (AvgIpc) is 2.79. The summed E-state index contributed by atoms with van der Waals surface area (Å²) in [6.45, 7) is 9.99. The normalized spacial score (nSPS) is 17.6. The van der Waals surface area contributed by atoms with Gasteiger partial charge in [-0.05, 0) is 92.0 Å². The van der Waals surface area contributed by atoms with E-state index >= 15 is 0 Å². The van der Waals surface area contributed by atoms with Gasteiger partial charge in [0.2, 0.25) is 0 Å². The minimum absolute atomic E-state index is 0.212. The summed E-state index contributed by atoms with van der Waals surface area (Å²) in [5.41, 5.74) is 5.04. The lowest BCUT2D eigenvalue weighted by atomic mass is 9.80. The predicted molar refractivity (Wildman–Crippen MR) is 137 cm³/mol. The molecule has 2 heterocycles. The van der Waals surface area contributed by atoms with Crippen LogP contribution in [-0.4, -0.2) is 36.1 Å². The molecule has 0 bridgehead atoms. The number of benzene rings is 2. The van der Waals surface area contributed by atoms with Crippen LogP contribution in [0.3, 0.4) is 0 Å². The van der Waals surface area contributed by atoms with Crippen molar-refractivity contribution in [2.45, 2.75) is 64.9 Å². The van der Waals surface area contributed by atoms with E-state index in [4.69, 9.17) is 15.9 Å². The summed E-state index contributed by atoms with van der Waals surface area (Å²) in [6, 6.07) is 10.8. The van der Waals surface area contributed by atoms with Crippen LogP contribution in [0.2, 0.25) is 0 Å². The molecule has 0 saturated heterocycles. The minimum atomic E-state index is -0.442. The molecule has 0 amide bonds. The number of carbonyl (C=O) groups excluding carboxylic acids is 1. The molecule has 1 atom stereocenters. The zero-order valence-electron chi connectivity index (χ0n) is 21.1. The SMILES string of the molecule is C#CCN1CCC2=C(C1)c1c(OC(C)=O)cc(C(C)CCCc3ccc(F)cc3)cc1OC2(C)C. The smallest absolute Gasteiger partial charge is 0.308 e. The van der Waals surface area contributed by atoms with Gasteiger partial charge in [-0.15, -0.1) is 6.42 Å². The second kappa shape index (κ2) is 10.3. The molecule has 0 spiro atoms. The van der Waals surface area contributed by atoms with Gasteiger partial charge in [0, 0.05) is 20.0 Å². The third-order valence-electron chi connectivity index (χ3n) is 7.06. The topological polar surface area (TPSA) is 38.8 Å². The van der Waals surface area contributed by atoms with Crippen LogP contribution in [0.25, 0.3) is 5.57 Å². The number of rotatable bonds is 7. The summed E-state index contributed by atoms with van der Waals surface area (Å²) in [5, 5.41) is 0. The average molecular weight is 476 g/mol. The van der Waals surface area contributed by atoms with E-state index in [1.54, 1.807) is 0 Å². The van der Waals surface area contributed by atoms with Gasteiger partial charge in [0.1, 0.15) is 22.9 Å². The Kier molecular flexibility index (Phi) is 7.33. The Morgan fingerprint density at radius 1 is 1.29 bits per heavy atom. The first-order valence-electron chi connectivity index (χ1n) is 12.4. The van der Waals surface area contributed by atoms with Crippen molar-refractivity contribution in [1.29, 1.82) is 0 Å². The van der Waals surface area contributed by atoms with Gasteiger partial charge < -0.3 is 9.47 Å². The first-order chi connectivity index (χ1) is 16.7. The van der Waals surface area contributed by atoms with E-state index in [-0.39, 0.29) is 17.7 Å². The van der Waals surface area contributed by atoms with Gasteiger partial charge in [-0.2, -0.15) is 0 Å². The zero-order valence-corrected chi connectivity index (χ0v) is 21.1. The van der Waals surface area contributed by atoms with Crippen LogP contribution < -0.4 is 9.47 Å². The van der Waals surface area contributed by atoms with Gasteiger partial charge in [-0.3, -0.25) is 9.69 Å². The van der Waals surface area contributed by atoms with Crippen molar-refractivity contribution >= 4 is 11.5 Å². The number of terminal acetylenes is 1. The monoisotopic (exact) mass is 475 g/mol. The second-order valence-electron chi connectivity index (χ2n) is 10.1. The first kappa shape index (κ1) is 25.0. The number of hydrogen-bond acceptors (Lipinski definition) is 4. The highest BCUT2D eigenvalue weighted by Gasteiger charge is 2.39. The third kappa shape index (κ3) is 5.60. The van der Waals surface area contributed by atoms with Crippen LogP contribution in [0.15, 0.2) is 42.0 Å². The fourth-order valence-corrected chi connectivity index (χ4v) is 5.25. The van der Waals surface area contributed by atoms with Crippen molar-refractivity contribution in [1.82, 2.24) is 4.90 Å². The maximum Gasteiger partial charge on any atom is 0.308 e. The van der Waals surface area contributed by atoms with Crippen LogP contribution in [0.4, 0.5) is 4.39 Å². The maximum absolute atomic E-state index is 13.2. The number of ether oxygens (including phenoxy) is 2. The molecule has 2 aliphatic rings. The summed E-state index contributed by atoms with van der Waals surface area (Å²) >= 11 is 0. The first-order valence-corrected chi connectivity index (χ1v) is 12.4. The Morgan fingerprint density at radius 3 is 2.71 bits per heavy atom. The molecule has 4 nitrogen and oxygen atoms in total. The number of hydrogen-bond donors (Lipinski definition) is 0. The van der Waals surface area contributed by atoms with Crippen molar-refractivity contribution in [3.8, 4) is 23.8 Å². The molecule has 2 aromatic carbocycles. The lowest BCUT2D eigenvalue weighted by Gasteiger charge is -2.42. The number of aryl methyl sites for hydroxylation is 1. The molecule has 0 N–H and O–H groups in total. The molecule has 2 aliphatic heterocycles. The summed E-state index contributed by atoms with van der Waals surface area (Å²) in [7, 11) is 0. The predicted octanol–water partition coefficient (Wildman–Crippen LogP) is 6.14. The standard InChI is InChI=1S/C30H34FNO3/c1-6-15-32-16-14-26-25(19-32)29-27(34-21(3)33)17-23(18-28(29)35-30(26,4)5)20(2)8-7-9-22-10-12-24(31)13-11-22/h1,10-13,17-18,20H,7-9,14-16,19H2,2-5H3. The van der Waals surface area contributed by atoms with E-state index in [1.807, 2.05) is 18.2 Å². The van der Waals surface area contributed by atoms with E-state index in [1.165, 1.54) is 24.6 Å². The largest absolute Gasteiger partial charge is 0.483 e. The molecular formula is C30H34FNO3. The Bertz CT molecular complexity index is 1170. The second-order valence-corrected chi connectivity index (χ2v) is 10.1. The van der Waals surface area contributed by atoms with Crippen LogP contribution >= 0.6 is 0 Å². The van der Waals surface area contributed by atoms with Crippen molar-refractivity contribution in [2.75, 3.05) is 19.6 Å². The van der Waals surface area contributed by atoms with Gasteiger partial charge in [0.15, 0.2) is 0 Å². The summed E-state index contributed by atoms with van der Waals surface area (Å²) in [5.74, 6) is 3.74. The number of fused-ring (bicyclic) bond motifs is 2. The molecule has 184 valence electrons. The molecule has 2 aromatic rings. The molecule has 1 unspecified atom stereocenters. The lowest BCUT2D eigenvalue weighted by molar-refractivity contribution is -0.131. The number of carbonyl (C=O) groups is 1. The summed E-state index contributed by atoms with van der Waals surface area (Å²) in [4.78, 5) is 14.3. The van der Waals surface area contributed by atoms with Crippen molar-refractivity contribution in [3.63, 3.8) is 0 Å².